The van der Waals surface area contributed by atoms with Crippen LogP contribution < -0.4 is 0 Å². The molecule has 0 unspecified atom stereocenters. The van der Waals surface area contributed by atoms with Gasteiger partial charge in [0, 0.05) is 16.7 Å². The standard InChI is InChI=1S/C17H18BrNO3/c1-4-8-19-11(2)15(17(21)22-3)14(16(19)20)10-12-6-5-7-13(18)9-12/h5-7,9-10H,4,8H2,1-3H3/b14-10-. The Morgan fingerprint density at radius 3 is 2.73 bits per heavy atom. The Kier molecular flexibility index (Phi) is 5.19. The molecule has 0 saturated heterocycles. The summed E-state index contributed by atoms with van der Waals surface area (Å²) in [5.74, 6) is -0.634. The number of nitrogens with zero attached hydrogens (tertiary/aromatic N) is 1. The highest BCUT2D eigenvalue weighted by Gasteiger charge is 2.36. The molecule has 0 aliphatic carbocycles. The Morgan fingerprint density at radius 1 is 1.41 bits per heavy atom. The van der Waals surface area contributed by atoms with Crippen molar-refractivity contribution >= 4 is 33.9 Å². The van der Waals surface area contributed by atoms with Crippen molar-refractivity contribution in [1.82, 2.24) is 4.90 Å². The molecule has 0 atom stereocenters. The van der Waals surface area contributed by atoms with Gasteiger partial charge in [-0.1, -0.05) is 35.0 Å². The number of rotatable bonds is 4. The molecule has 2 rings (SSSR count). The third-order valence-corrected chi connectivity index (χ3v) is 4.00. The van der Waals surface area contributed by atoms with Gasteiger partial charge >= 0.3 is 5.97 Å². The van der Waals surface area contributed by atoms with Crippen molar-refractivity contribution < 1.29 is 14.3 Å². The zero-order chi connectivity index (χ0) is 16.3. The van der Waals surface area contributed by atoms with Gasteiger partial charge in [0.1, 0.15) is 0 Å². The lowest BCUT2D eigenvalue weighted by molar-refractivity contribution is -0.136. The fourth-order valence-electron chi connectivity index (χ4n) is 2.48. The maximum Gasteiger partial charge on any atom is 0.340 e. The molecule has 0 saturated carbocycles. The van der Waals surface area contributed by atoms with Crippen molar-refractivity contribution in [3.05, 3.63) is 51.1 Å². The average Bonchev–Trinajstić information content (AvgIpc) is 2.72. The molecule has 1 aromatic carbocycles. The van der Waals surface area contributed by atoms with Gasteiger partial charge in [-0.3, -0.25) is 4.79 Å². The van der Waals surface area contributed by atoms with E-state index >= 15 is 0 Å². The van der Waals surface area contributed by atoms with Crippen LogP contribution in [0, 0.1) is 0 Å². The van der Waals surface area contributed by atoms with Crippen molar-refractivity contribution in [3.63, 3.8) is 0 Å². The highest BCUT2D eigenvalue weighted by Crippen LogP contribution is 2.31. The molecule has 0 radical (unpaired) electrons. The molecule has 1 amide bonds. The third kappa shape index (κ3) is 3.14. The summed E-state index contributed by atoms with van der Waals surface area (Å²) in [5.41, 5.74) is 2.24. The number of carbonyl (C=O) groups is 2. The summed E-state index contributed by atoms with van der Waals surface area (Å²) in [6.45, 7) is 4.36. The van der Waals surface area contributed by atoms with Crippen LogP contribution in [0.5, 0.6) is 0 Å². The van der Waals surface area contributed by atoms with E-state index in [0.717, 1.165) is 16.5 Å². The predicted molar refractivity (Wildman–Crippen MR) is 88.8 cm³/mol. The van der Waals surface area contributed by atoms with E-state index in [0.29, 0.717) is 23.4 Å². The van der Waals surface area contributed by atoms with Gasteiger partial charge in [-0.05, 0) is 37.1 Å². The number of hydrogen-bond acceptors (Lipinski definition) is 3. The van der Waals surface area contributed by atoms with Gasteiger partial charge < -0.3 is 9.64 Å². The normalized spacial score (nSPS) is 16.6. The second kappa shape index (κ2) is 6.92. The zero-order valence-electron chi connectivity index (χ0n) is 12.9. The topological polar surface area (TPSA) is 46.6 Å². The van der Waals surface area contributed by atoms with E-state index in [1.54, 1.807) is 17.9 Å². The average molecular weight is 364 g/mol. The van der Waals surface area contributed by atoms with Gasteiger partial charge in [-0.15, -0.1) is 0 Å². The molecule has 1 heterocycles. The smallest absolute Gasteiger partial charge is 0.340 e. The molecule has 116 valence electrons. The fraction of sp³-hybridized carbons (Fsp3) is 0.294. The minimum Gasteiger partial charge on any atom is -0.465 e. The molecule has 22 heavy (non-hydrogen) atoms. The first-order valence-electron chi connectivity index (χ1n) is 7.08. The molecule has 5 heteroatoms. The predicted octanol–water partition coefficient (Wildman–Crippen LogP) is 3.53. The van der Waals surface area contributed by atoms with Gasteiger partial charge in [0.05, 0.1) is 18.3 Å². The lowest BCUT2D eigenvalue weighted by Gasteiger charge is -2.16. The molecule has 1 aromatic rings. The van der Waals surface area contributed by atoms with Gasteiger partial charge in [0.15, 0.2) is 0 Å². The van der Waals surface area contributed by atoms with E-state index in [1.165, 1.54) is 7.11 Å². The minimum absolute atomic E-state index is 0.153. The first kappa shape index (κ1) is 16.5. The second-order valence-corrected chi connectivity index (χ2v) is 5.94. The maximum absolute atomic E-state index is 12.6. The Balaban J connectivity index is 2.52. The van der Waals surface area contributed by atoms with Crippen LogP contribution in [-0.2, 0) is 14.3 Å². The van der Waals surface area contributed by atoms with Crippen molar-refractivity contribution in [2.24, 2.45) is 0 Å². The Labute approximate surface area is 138 Å². The number of allylic oxidation sites excluding steroid dienone is 1. The van der Waals surface area contributed by atoms with Crippen LogP contribution in [0.3, 0.4) is 0 Å². The first-order valence-corrected chi connectivity index (χ1v) is 7.87. The number of hydrogen-bond donors (Lipinski definition) is 0. The molecule has 1 aliphatic heterocycles. The van der Waals surface area contributed by atoms with Gasteiger partial charge in [0.2, 0.25) is 0 Å². The molecule has 0 aromatic heterocycles. The largest absolute Gasteiger partial charge is 0.465 e. The van der Waals surface area contributed by atoms with E-state index < -0.39 is 5.97 Å². The molecule has 1 aliphatic rings. The number of benzene rings is 1. The van der Waals surface area contributed by atoms with E-state index in [2.05, 4.69) is 15.9 Å². The third-order valence-electron chi connectivity index (χ3n) is 3.51. The van der Waals surface area contributed by atoms with Crippen LogP contribution in [-0.4, -0.2) is 30.4 Å². The van der Waals surface area contributed by atoms with Crippen molar-refractivity contribution in [1.29, 1.82) is 0 Å². The van der Waals surface area contributed by atoms with Crippen molar-refractivity contribution in [2.45, 2.75) is 20.3 Å². The summed E-state index contributed by atoms with van der Waals surface area (Å²) in [4.78, 5) is 26.3. The molecule has 0 bridgehead atoms. The van der Waals surface area contributed by atoms with Crippen LogP contribution in [0.4, 0.5) is 0 Å². The monoisotopic (exact) mass is 363 g/mol. The maximum atomic E-state index is 12.6. The van der Waals surface area contributed by atoms with Crippen LogP contribution >= 0.6 is 15.9 Å². The lowest BCUT2D eigenvalue weighted by atomic mass is 10.0. The SMILES string of the molecule is CCCN1C(=O)/C(=C\c2cccc(Br)c2)C(C(=O)OC)=C1C. The van der Waals surface area contributed by atoms with Crippen LogP contribution in [0.15, 0.2) is 45.6 Å². The molecule has 0 N–H and O–H groups in total. The van der Waals surface area contributed by atoms with Crippen molar-refractivity contribution in [2.75, 3.05) is 13.7 Å². The van der Waals surface area contributed by atoms with Gasteiger partial charge in [-0.2, -0.15) is 0 Å². The Bertz CT molecular complexity index is 676. The lowest BCUT2D eigenvalue weighted by Crippen LogP contribution is -2.25. The molecular formula is C17H18BrNO3. The summed E-state index contributed by atoms with van der Waals surface area (Å²) in [5, 5.41) is 0. The quantitative estimate of drug-likeness (QED) is 0.607. The number of methoxy groups -OCH3 is 1. The van der Waals surface area contributed by atoms with E-state index in [-0.39, 0.29) is 5.91 Å². The van der Waals surface area contributed by atoms with E-state index in [4.69, 9.17) is 4.74 Å². The summed E-state index contributed by atoms with van der Waals surface area (Å²) < 4.78 is 5.76. The summed E-state index contributed by atoms with van der Waals surface area (Å²) in [6.07, 6.45) is 2.56. The van der Waals surface area contributed by atoms with Gasteiger partial charge in [0.25, 0.3) is 5.91 Å². The van der Waals surface area contributed by atoms with E-state index in [9.17, 15) is 9.59 Å². The molecule has 0 spiro atoms. The van der Waals surface area contributed by atoms with Crippen molar-refractivity contribution in [3.8, 4) is 0 Å². The highest BCUT2D eigenvalue weighted by atomic mass is 79.9. The van der Waals surface area contributed by atoms with Crippen LogP contribution in [0.25, 0.3) is 6.08 Å². The number of ether oxygens (including phenoxy) is 1. The number of esters is 1. The fourth-order valence-corrected chi connectivity index (χ4v) is 2.90. The number of amides is 1. The molecular weight excluding hydrogens is 346 g/mol. The Hall–Kier alpha value is -1.88. The first-order chi connectivity index (χ1) is 10.5. The summed E-state index contributed by atoms with van der Waals surface area (Å²) in [7, 11) is 1.33. The summed E-state index contributed by atoms with van der Waals surface area (Å²) in [6, 6.07) is 7.57. The zero-order valence-corrected chi connectivity index (χ0v) is 14.4. The number of halogens is 1. The Morgan fingerprint density at radius 2 is 2.14 bits per heavy atom. The number of carbonyl (C=O) groups excluding carboxylic acids is 2. The van der Waals surface area contributed by atoms with E-state index in [1.807, 2.05) is 31.2 Å². The minimum atomic E-state index is -0.481. The molecule has 4 nitrogen and oxygen atoms in total. The summed E-state index contributed by atoms with van der Waals surface area (Å²) >= 11 is 3.40. The molecule has 0 fully saturated rings. The van der Waals surface area contributed by atoms with Gasteiger partial charge in [-0.25, -0.2) is 4.79 Å². The highest BCUT2D eigenvalue weighted by molar-refractivity contribution is 9.10. The van der Waals surface area contributed by atoms with Crippen LogP contribution in [0.2, 0.25) is 0 Å². The van der Waals surface area contributed by atoms with Crippen LogP contribution in [0.1, 0.15) is 25.8 Å². The second-order valence-electron chi connectivity index (χ2n) is 5.02.